The molecule has 0 fully saturated rings. The standard InChI is InChI=1S/C18H30N3O3S.2C2H6/c1-5-6-7-8-12-23-18-17(19-25-20-18)16-10-9-11-21(4,13-16)14(2)24-15(3)22;2*1-2/h10,14H,5-9,11-13H2,1-4H3;2*1-2H3/q+1;;. The minimum absolute atomic E-state index is 0.189. The summed E-state index contributed by atoms with van der Waals surface area (Å²) in [4.78, 5) is 11.3. The average molecular weight is 429 g/mol. The van der Waals surface area contributed by atoms with Gasteiger partial charge in [-0.15, -0.1) is 4.37 Å². The molecule has 0 saturated heterocycles. The summed E-state index contributed by atoms with van der Waals surface area (Å²) >= 11 is 1.19. The Labute approximate surface area is 182 Å². The fourth-order valence-corrected chi connectivity index (χ4v) is 3.62. The van der Waals surface area contributed by atoms with Crippen molar-refractivity contribution in [1.29, 1.82) is 0 Å². The maximum atomic E-state index is 11.3. The van der Waals surface area contributed by atoms with Crippen LogP contribution in [0.1, 0.15) is 86.3 Å². The first kappa shape index (κ1) is 27.5. The summed E-state index contributed by atoms with van der Waals surface area (Å²) in [5, 5.41) is 0. The molecule has 2 unspecified atom stereocenters. The van der Waals surface area contributed by atoms with Gasteiger partial charge in [-0.05, 0) is 6.42 Å². The first-order valence-corrected chi connectivity index (χ1v) is 11.9. The first-order chi connectivity index (χ1) is 14.0. The molecule has 2 heterocycles. The summed E-state index contributed by atoms with van der Waals surface area (Å²) in [5.74, 6) is 0.399. The van der Waals surface area contributed by atoms with E-state index in [1.165, 1.54) is 37.9 Å². The predicted octanol–water partition coefficient (Wildman–Crippen LogP) is 5.69. The largest absolute Gasteiger partial charge is 0.475 e. The van der Waals surface area contributed by atoms with Gasteiger partial charge in [0.2, 0.25) is 6.23 Å². The molecule has 1 aliphatic rings. The molecule has 2 rings (SSSR count). The van der Waals surface area contributed by atoms with E-state index in [2.05, 4.69) is 28.8 Å². The van der Waals surface area contributed by atoms with Gasteiger partial charge in [0, 0.05) is 25.8 Å². The van der Waals surface area contributed by atoms with Gasteiger partial charge < -0.3 is 9.47 Å². The van der Waals surface area contributed by atoms with Gasteiger partial charge in [-0.2, -0.15) is 4.37 Å². The molecule has 7 heteroatoms. The van der Waals surface area contributed by atoms with Crippen molar-refractivity contribution >= 4 is 23.3 Å². The number of rotatable bonds is 9. The molecule has 0 N–H and O–H groups in total. The van der Waals surface area contributed by atoms with Crippen LogP contribution in [0, 0.1) is 0 Å². The van der Waals surface area contributed by atoms with Gasteiger partial charge in [0.15, 0.2) is 0 Å². The molecule has 0 aliphatic carbocycles. The Balaban J connectivity index is 0.00000184. The molecule has 168 valence electrons. The van der Waals surface area contributed by atoms with Crippen molar-refractivity contribution in [1.82, 2.24) is 8.75 Å². The molecule has 6 nitrogen and oxygen atoms in total. The lowest BCUT2D eigenvalue weighted by Crippen LogP contribution is -2.55. The van der Waals surface area contributed by atoms with E-state index in [-0.39, 0.29) is 12.2 Å². The monoisotopic (exact) mass is 428 g/mol. The summed E-state index contributed by atoms with van der Waals surface area (Å²) in [7, 11) is 2.12. The first-order valence-electron chi connectivity index (χ1n) is 11.1. The third kappa shape index (κ3) is 9.26. The summed E-state index contributed by atoms with van der Waals surface area (Å²) in [5.41, 5.74) is 1.98. The third-order valence-electron chi connectivity index (χ3n) is 4.78. The van der Waals surface area contributed by atoms with Crippen LogP contribution in [0.15, 0.2) is 6.08 Å². The molecular formula is C22H42N3O3S+. The van der Waals surface area contributed by atoms with Gasteiger partial charge in [-0.25, -0.2) is 0 Å². The molecule has 0 bridgehead atoms. The fourth-order valence-electron chi connectivity index (χ4n) is 3.08. The number of hydrogen-bond acceptors (Lipinski definition) is 6. The Bertz CT molecular complexity index is 604. The lowest BCUT2D eigenvalue weighted by Gasteiger charge is -2.41. The van der Waals surface area contributed by atoms with E-state index in [4.69, 9.17) is 9.47 Å². The zero-order valence-corrected chi connectivity index (χ0v) is 20.6. The molecule has 1 aromatic rings. The number of ether oxygens (including phenoxy) is 2. The second-order valence-electron chi connectivity index (χ2n) is 6.92. The second kappa shape index (κ2) is 15.4. The maximum absolute atomic E-state index is 11.3. The van der Waals surface area contributed by atoms with E-state index in [1.54, 1.807) is 0 Å². The average Bonchev–Trinajstić information content (AvgIpc) is 3.19. The number of esters is 1. The third-order valence-corrected chi connectivity index (χ3v) is 5.29. The molecular weight excluding hydrogens is 386 g/mol. The second-order valence-corrected chi connectivity index (χ2v) is 7.44. The topological polar surface area (TPSA) is 61.3 Å². The number of carbonyl (C=O) groups is 1. The van der Waals surface area contributed by atoms with Crippen LogP contribution in [0.3, 0.4) is 0 Å². The van der Waals surface area contributed by atoms with Crippen molar-refractivity contribution < 1.29 is 18.8 Å². The van der Waals surface area contributed by atoms with E-state index < -0.39 is 0 Å². The van der Waals surface area contributed by atoms with E-state index >= 15 is 0 Å². The van der Waals surface area contributed by atoms with Crippen molar-refractivity contribution in [2.75, 3.05) is 26.7 Å². The molecule has 29 heavy (non-hydrogen) atoms. The Hall–Kier alpha value is -1.47. The zero-order chi connectivity index (χ0) is 22.3. The summed E-state index contributed by atoms with van der Waals surface area (Å²) in [6.07, 6.45) is 7.62. The zero-order valence-electron chi connectivity index (χ0n) is 19.8. The number of hydrogen-bond donors (Lipinski definition) is 0. The van der Waals surface area contributed by atoms with E-state index in [9.17, 15) is 4.79 Å². The van der Waals surface area contributed by atoms with Crippen LogP contribution >= 0.6 is 11.7 Å². The smallest absolute Gasteiger partial charge is 0.307 e. The molecule has 0 amide bonds. The number of quaternary nitrogens is 1. The Morgan fingerprint density at radius 1 is 1.21 bits per heavy atom. The quantitative estimate of drug-likeness (QED) is 0.287. The number of aromatic nitrogens is 2. The number of nitrogens with zero attached hydrogens (tertiary/aromatic N) is 3. The highest BCUT2D eigenvalue weighted by atomic mass is 32.1. The summed E-state index contributed by atoms with van der Waals surface area (Å²) < 4.78 is 20.7. The molecule has 2 atom stereocenters. The van der Waals surface area contributed by atoms with E-state index in [1.807, 2.05) is 34.6 Å². The highest BCUT2D eigenvalue weighted by Crippen LogP contribution is 2.31. The molecule has 0 radical (unpaired) electrons. The molecule has 1 aromatic heterocycles. The highest BCUT2D eigenvalue weighted by Gasteiger charge is 2.36. The van der Waals surface area contributed by atoms with Crippen LogP contribution in [0.4, 0.5) is 0 Å². The van der Waals surface area contributed by atoms with Crippen molar-refractivity contribution in [3.63, 3.8) is 0 Å². The lowest BCUT2D eigenvalue weighted by atomic mass is 10.0. The van der Waals surface area contributed by atoms with Crippen molar-refractivity contribution in [3.8, 4) is 5.88 Å². The molecule has 0 spiro atoms. The van der Waals surface area contributed by atoms with E-state index in [0.29, 0.717) is 17.0 Å². The Kier molecular flexibility index (Phi) is 14.6. The Morgan fingerprint density at radius 3 is 2.52 bits per heavy atom. The summed E-state index contributed by atoms with van der Waals surface area (Å²) in [6.45, 7) is 16.0. The summed E-state index contributed by atoms with van der Waals surface area (Å²) in [6, 6.07) is 0. The van der Waals surface area contributed by atoms with Crippen LogP contribution in [0.5, 0.6) is 5.88 Å². The van der Waals surface area contributed by atoms with Crippen LogP contribution in [-0.2, 0) is 9.53 Å². The van der Waals surface area contributed by atoms with Crippen LogP contribution < -0.4 is 4.74 Å². The lowest BCUT2D eigenvalue weighted by molar-refractivity contribution is -0.944. The molecule has 0 saturated carbocycles. The minimum atomic E-state index is -0.241. The highest BCUT2D eigenvalue weighted by molar-refractivity contribution is 6.99. The predicted molar refractivity (Wildman–Crippen MR) is 122 cm³/mol. The van der Waals surface area contributed by atoms with Crippen molar-refractivity contribution in [2.24, 2.45) is 0 Å². The number of likely N-dealkylation sites (N-methyl/N-ethyl adjacent to an activating group) is 1. The maximum Gasteiger partial charge on any atom is 0.307 e. The van der Waals surface area contributed by atoms with Crippen LogP contribution in [0.25, 0.3) is 5.57 Å². The van der Waals surface area contributed by atoms with Gasteiger partial charge in [0.1, 0.15) is 12.2 Å². The Morgan fingerprint density at radius 2 is 1.90 bits per heavy atom. The van der Waals surface area contributed by atoms with E-state index in [0.717, 1.165) is 37.2 Å². The fraction of sp³-hybridized carbons (Fsp3) is 0.773. The molecule has 1 aliphatic heterocycles. The van der Waals surface area contributed by atoms with Gasteiger partial charge >= 0.3 is 5.97 Å². The van der Waals surface area contributed by atoms with Crippen molar-refractivity contribution in [3.05, 3.63) is 11.8 Å². The number of carbonyl (C=O) groups excluding carboxylic acids is 1. The normalized spacial score (nSPS) is 19.0. The molecule has 0 aromatic carbocycles. The van der Waals surface area contributed by atoms with Gasteiger partial charge in [-0.3, -0.25) is 9.28 Å². The number of unbranched alkanes of at least 4 members (excludes halogenated alkanes) is 3. The van der Waals surface area contributed by atoms with Crippen molar-refractivity contribution in [2.45, 2.75) is 86.8 Å². The van der Waals surface area contributed by atoms with Crippen LogP contribution in [0.2, 0.25) is 0 Å². The van der Waals surface area contributed by atoms with Gasteiger partial charge in [0.25, 0.3) is 5.88 Å². The minimum Gasteiger partial charge on any atom is -0.475 e. The van der Waals surface area contributed by atoms with Gasteiger partial charge in [0.05, 0.1) is 31.9 Å². The van der Waals surface area contributed by atoms with Crippen LogP contribution in [-0.4, -0.2) is 52.2 Å². The SMILES string of the molecule is CC.CC.CCCCCCOc1nsnc1C1=CCC[N+](C)(C(C)OC(C)=O)C1. The van der Waals surface area contributed by atoms with Gasteiger partial charge in [-0.1, -0.05) is 60.0 Å².